The molecule has 3 heteroatoms. The Bertz CT molecular complexity index is 2280. The van der Waals surface area contributed by atoms with E-state index in [0.29, 0.717) is 5.56 Å². The van der Waals surface area contributed by atoms with E-state index in [1.54, 1.807) is 11.3 Å². The topological polar surface area (TPSA) is 23.8 Å². The van der Waals surface area contributed by atoms with Crippen molar-refractivity contribution in [3.8, 4) is 39.4 Å². The third kappa shape index (κ3) is 3.51. The van der Waals surface area contributed by atoms with Crippen molar-refractivity contribution in [2.75, 3.05) is 0 Å². The zero-order valence-corrected chi connectivity index (χ0v) is 23.0. The summed E-state index contributed by atoms with van der Waals surface area (Å²) in [6.07, 6.45) is 0. The molecule has 8 rings (SSSR count). The van der Waals surface area contributed by atoms with Crippen LogP contribution in [0.2, 0.25) is 0 Å². The van der Waals surface area contributed by atoms with Crippen molar-refractivity contribution in [2.24, 2.45) is 0 Å². The molecule has 0 aliphatic carbocycles. The Labute approximate surface area is 239 Å². The van der Waals surface area contributed by atoms with Gasteiger partial charge in [0.1, 0.15) is 6.07 Å². The van der Waals surface area contributed by atoms with Gasteiger partial charge in [-0.15, -0.1) is 22.7 Å². The van der Waals surface area contributed by atoms with Crippen LogP contribution in [0.15, 0.2) is 127 Å². The molecule has 6 aromatic carbocycles. The first-order valence-corrected chi connectivity index (χ1v) is 14.9. The molecule has 0 bridgehead atoms. The summed E-state index contributed by atoms with van der Waals surface area (Å²) < 4.78 is 5.05. The van der Waals surface area contributed by atoms with Crippen LogP contribution in [-0.2, 0) is 0 Å². The molecular formula is C37H21NS2. The Morgan fingerprint density at radius 2 is 0.950 bits per heavy atom. The van der Waals surface area contributed by atoms with Crippen molar-refractivity contribution in [3.05, 3.63) is 133 Å². The molecule has 0 aliphatic rings. The number of fused-ring (bicyclic) bond motifs is 6. The van der Waals surface area contributed by atoms with Gasteiger partial charge in [-0.3, -0.25) is 0 Å². The van der Waals surface area contributed by atoms with E-state index in [4.69, 9.17) is 0 Å². The van der Waals surface area contributed by atoms with Crippen LogP contribution in [0, 0.1) is 11.3 Å². The van der Waals surface area contributed by atoms with Crippen LogP contribution in [0.25, 0.3) is 73.7 Å². The molecule has 0 saturated carbocycles. The van der Waals surface area contributed by atoms with E-state index in [0.717, 1.165) is 27.8 Å². The lowest BCUT2D eigenvalue weighted by Crippen LogP contribution is -1.93. The molecule has 2 heterocycles. The van der Waals surface area contributed by atoms with E-state index in [1.807, 2.05) is 29.5 Å². The predicted octanol–water partition coefficient (Wildman–Crippen LogP) is 11.3. The molecule has 0 unspecified atom stereocenters. The van der Waals surface area contributed by atoms with Crippen molar-refractivity contribution >= 4 is 63.0 Å². The fourth-order valence-corrected chi connectivity index (χ4v) is 8.38. The maximum Gasteiger partial charge on any atom is 0.100 e. The first-order valence-electron chi connectivity index (χ1n) is 13.2. The van der Waals surface area contributed by atoms with E-state index in [2.05, 4.69) is 115 Å². The van der Waals surface area contributed by atoms with Gasteiger partial charge in [-0.25, -0.2) is 0 Å². The molecule has 0 aliphatic heterocycles. The lowest BCUT2D eigenvalue weighted by Gasteiger charge is -2.15. The molecule has 0 spiro atoms. The van der Waals surface area contributed by atoms with Gasteiger partial charge in [0.25, 0.3) is 0 Å². The van der Waals surface area contributed by atoms with Gasteiger partial charge in [0.15, 0.2) is 0 Å². The van der Waals surface area contributed by atoms with E-state index in [1.165, 1.54) is 45.9 Å². The van der Waals surface area contributed by atoms with Crippen LogP contribution in [0.1, 0.15) is 5.56 Å². The lowest BCUT2D eigenvalue weighted by atomic mass is 9.88. The van der Waals surface area contributed by atoms with Crippen LogP contribution in [0.3, 0.4) is 0 Å². The first kappa shape index (κ1) is 23.2. The summed E-state index contributed by atoms with van der Waals surface area (Å²) in [5.41, 5.74) is 7.14. The Morgan fingerprint density at radius 3 is 1.60 bits per heavy atom. The van der Waals surface area contributed by atoms with Crippen LogP contribution >= 0.6 is 22.7 Å². The minimum atomic E-state index is 0.712. The third-order valence-corrected chi connectivity index (χ3v) is 10.2. The van der Waals surface area contributed by atoms with Gasteiger partial charge in [0, 0.05) is 57.0 Å². The molecule has 0 atom stereocenters. The molecule has 8 aromatic rings. The normalized spacial score (nSPS) is 11.5. The van der Waals surface area contributed by atoms with Crippen LogP contribution < -0.4 is 0 Å². The van der Waals surface area contributed by atoms with Crippen molar-refractivity contribution in [3.63, 3.8) is 0 Å². The number of nitrogens with zero attached hydrogens (tertiary/aromatic N) is 1. The number of nitriles is 1. The monoisotopic (exact) mass is 543 g/mol. The van der Waals surface area contributed by atoms with Gasteiger partial charge >= 0.3 is 0 Å². The smallest absolute Gasteiger partial charge is 0.100 e. The number of hydrogen-bond acceptors (Lipinski definition) is 3. The van der Waals surface area contributed by atoms with Crippen molar-refractivity contribution in [2.45, 2.75) is 0 Å². The van der Waals surface area contributed by atoms with Gasteiger partial charge < -0.3 is 0 Å². The summed E-state index contributed by atoms with van der Waals surface area (Å²) in [6, 6.07) is 47.7. The Balaban J connectivity index is 1.48. The average Bonchev–Trinajstić information content (AvgIpc) is 3.59. The molecule has 0 fully saturated rings. The van der Waals surface area contributed by atoms with Gasteiger partial charge in [0.2, 0.25) is 0 Å². The second-order valence-electron chi connectivity index (χ2n) is 9.99. The highest BCUT2D eigenvalue weighted by molar-refractivity contribution is 7.26. The van der Waals surface area contributed by atoms with Crippen LogP contribution in [0.5, 0.6) is 0 Å². The maximum atomic E-state index is 10.6. The highest BCUT2D eigenvalue weighted by Crippen LogP contribution is 2.46. The van der Waals surface area contributed by atoms with E-state index in [9.17, 15) is 5.26 Å². The van der Waals surface area contributed by atoms with E-state index >= 15 is 0 Å². The number of rotatable bonds is 3. The minimum Gasteiger partial charge on any atom is -0.192 e. The summed E-state index contributed by atoms with van der Waals surface area (Å²) in [4.78, 5) is 0. The molecule has 0 radical (unpaired) electrons. The van der Waals surface area contributed by atoms with Gasteiger partial charge in [-0.2, -0.15) is 5.26 Å². The van der Waals surface area contributed by atoms with Crippen LogP contribution in [0.4, 0.5) is 0 Å². The zero-order chi connectivity index (χ0) is 26.6. The van der Waals surface area contributed by atoms with Crippen molar-refractivity contribution < 1.29 is 0 Å². The molecule has 0 saturated heterocycles. The molecule has 1 nitrogen and oxygen atoms in total. The largest absolute Gasteiger partial charge is 0.192 e. The lowest BCUT2D eigenvalue weighted by molar-refractivity contribution is 1.47. The fraction of sp³-hybridized carbons (Fsp3) is 0. The Morgan fingerprint density at radius 1 is 0.425 bits per heavy atom. The number of benzene rings is 6. The molecule has 186 valence electrons. The number of thiophene rings is 2. The Kier molecular flexibility index (Phi) is 5.31. The second-order valence-corrected chi connectivity index (χ2v) is 12.1. The summed E-state index contributed by atoms with van der Waals surface area (Å²) in [5, 5.41) is 15.7. The average molecular weight is 544 g/mol. The quantitative estimate of drug-likeness (QED) is 0.217. The summed E-state index contributed by atoms with van der Waals surface area (Å²) in [6.45, 7) is 0. The highest BCUT2D eigenvalue weighted by Gasteiger charge is 2.20. The third-order valence-electron chi connectivity index (χ3n) is 7.74. The second kappa shape index (κ2) is 9.17. The maximum absolute atomic E-state index is 10.6. The van der Waals surface area contributed by atoms with E-state index in [-0.39, 0.29) is 0 Å². The number of hydrogen-bond donors (Lipinski definition) is 0. The van der Waals surface area contributed by atoms with Crippen molar-refractivity contribution in [1.29, 1.82) is 5.26 Å². The van der Waals surface area contributed by atoms with Gasteiger partial charge in [0.05, 0.1) is 5.56 Å². The summed E-state index contributed by atoms with van der Waals surface area (Å²) in [5.74, 6) is 0. The molecule has 40 heavy (non-hydrogen) atoms. The molecular weight excluding hydrogens is 523 g/mol. The standard InChI is InChI=1S/C37H21NS2/c38-22-33-31(23-10-2-1-3-11-23)20-24(25-14-8-15-28-26-12-4-6-18-34(26)39-36(25)28)21-32(33)30-17-9-16-29-27-13-5-7-19-35(27)40-37(29)30/h1-21H. The van der Waals surface area contributed by atoms with Crippen LogP contribution in [-0.4, -0.2) is 0 Å². The molecule has 0 amide bonds. The molecule has 0 N–H and O–H groups in total. The summed E-state index contributed by atoms with van der Waals surface area (Å²) in [7, 11) is 0. The summed E-state index contributed by atoms with van der Waals surface area (Å²) >= 11 is 3.64. The fourth-order valence-electron chi connectivity index (χ4n) is 5.91. The highest BCUT2D eigenvalue weighted by atomic mass is 32.1. The van der Waals surface area contributed by atoms with Crippen molar-refractivity contribution in [1.82, 2.24) is 0 Å². The SMILES string of the molecule is N#Cc1c(-c2ccccc2)cc(-c2cccc3c2sc2ccccc23)cc1-c1cccc2c1sc1ccccc12. The molecule has 2 aromatic heterocycles. The first-order chi connectivity index (χ1) is 19.8. The Hall–Kier alpha value is -4.75. The van der Waals surface area contributed by atoms with Gasteiger partial charge in [-0.05, 0) is 41.0 Å². The minimum absolute atomic E-state index is 0.712. The zero-order valence-electron chi connectivity index (χ0n) is 21.4. The predicted molar refractivity (Wildman–Crippen MR) is 173 cm³/mol. The van der Waals surface area contributed by atoms with E-state index < -0.39 is 0 Å². The van der Waals surface area contributed by atoms with Gasteiger partial charge in [-0.1, -0.05) is 103 Å².